The van der Waals surface area contributed by atoms with E-state index in [2.05, 4.69) is 103 Å². The topological polar surface area (TPSA) is 13.1 Å². The molecule has 1 nitrogen and oxygen atoms in total. The molecule has 0 fully saturated rings. The standard InChI is InChI=1S/C48H30O/c1-2-10-31(11-3-1)32-18-20-33(21-19-32)34-22-24-36(25-23-34)46-39-14-6-8-16-41(39)47(42-17-9-7-15-40(42)46)37-27-29-45-44(30-37)43-28-26-35-12-4-5-13-38(35)48(43)49-45/h1-30H/i18D,19D,20D,21D. The Morgan fingerprint density at radius 2 is 0.816 bits per heavy atom. The van der Waals surface area contributed by atoms with Crippen molar-refractivity contribution in [3.63, 3.8) is 0 Å². The van der Waals surface area contributed by atoms with Crippen molar-refractivity contribution in [2.45, 2.75) is 0 Å². The Balaban J connectivity index is 1.14. The molecule has 0 N–H and O–H groups in total. The fourth-order valence-corrected chi connectivity index (χ4v) is 7.42. The van der Waals surface area contributed by atoms with Gasteiger partial charge >= 0.3 is 0 Å². The Kier molecular flexibility index (Phi) is 5.38. The lowest BCUT2D eigenvalue weighted by atomic mass is 9.85. The molecule has 0 spiro atoms. The number of hydrogen-bond donors (Lipinski definition) is 0. The first-order chi connectivity index (χ1) is 26.0. The summed E-state index contributed by atoms with van der Waals surface area (Å²) in [5.41, 5.74) is 8.08. The zero-order valence-corrected chi connectivity index (χ0v) is 26.4. The number of fused-ring (bicyclic) bond motifs is 7. The lowest BCUT2D eigenvalue weighted by molar-refractivity contribution is 0.672. The Morgan fingerprint density at radius 3 is 1.45 bits per heavy atom. The minimum absolute atomic E-state index is 0.0428. The van der Waals surface area contributed by atoms with Crippen molar-refractivity contribution < 1.29 is 9.90 Å². The van der Waals surface area contributed by atoms with E-state index in [9.17, 15) is 0 Å². The molecule has 0 amide bonds. The lowest BCUT2D eigenvalue weighted by Gasteiger charge is -2.18. The SMILES string of the molecule is [2H]c1c([2H])c(-c2ccc(-c3c4ccccc4c(-c4ccc5oc6c7ccccc7ccc6c5c4)c4ccccc34)cc2)c([2H])c([2H])c1-c1ccccc1. The maximum absolute atomic E-state index is 8.92. The van der Waals surface area contributed by atoms with Gasteiger partial charge in [-0.1, -0.05) is 164 Å². The fraction of sp³-hybridized carbons (Fsp3) is 0. The lowest BCUT2D eigenvalue weighted by Crippen LogP contribution is -1.91. The molecule has 0 aliphatic carbocycles. The van der Waals surface area contributed by atoms with Crippen molar-refractivity contribution in [3.8, 4) is 44.5 Å². The zero-order chi connectivity index (χ0) is 35.8. The molecule has 10 rings (SSSR count). The number of hydrogen-bond acceptors (Lipinski definition) is 1. The van der Waals surface area contributed by atoms with E-state index < -0.39 is 0 Å². The van der Waals surface area contributed by atoms with Gasteiger partial charge in [-0.25, -0.2) is 0 Å². The van der Waals surface area contributed by atoms with E-state index in [1.165, 1.54) is 0 Å². The predicted octanol–water partition coefficient (Wildman–Crippen LogP) is 13.7. The first-order valence-electron chi connectivity index (χ1n) is 18.5. The molecule has 1 aromatic heterocycles. The highest BCUT2D eigenvalue weighted by molar-refractivity contribution is 6.22. The summed E-state index contributed by atoms with van der Waals surface area (Å²) in [7, 11) is 0. The van der Waals surface area contributed by atoms with Gasteiger partial charge in [-0.3, -0.25) is 0 Å². The second-order valence-corrected chi connectivity index (χ2v) is 12.5. The molecule has 0 aliphatic heterocycles. The van der Waals surface area contributed by atoms with Crippen LogP contribution in [0.25, 0.3) is 98.8 Å². The van der Waals surface area contributed by atoms with Crippen molar-refractivity contribution in [1.29, 1.82) is 0 Å². The molecule has 49 heavy (non-hydrogen) atoms. The summed E-state index contributed by atoms with van der Waals surface area (Å²) in [5.74, 6) is 0. The monoisotopic (exact) mass is 626 g/mol. The minimum atomic E-state index is -0.0478. The highest BCUT2D eigenvalue weighted by Gasteiger charge is 2.18. The minimum Gasteiger partial charge on any atom is -0.455 e. The third kappa shape index (κ3) is 4.47. The normalized spacial score (nSPS) is 12.8. The fourth-order valence-electron chi connectivity index (χ4n) is 7.42. The third-order valence-electron chi connectivity index (χ3n) is 9.73. The molecule has 0 radical (unpaired) electrons. The van der Waals surface area contributed by atoms with Crippen LogP contribution in [0.4, 0.5) is 0 Å². The van der Waals surface area contributed by atoms with Crippen molar-refractivity contribution >= 4 is 54.3 Å². The summed E-state index contributed by atoms with van der Waals surface area (Å²) in [6, 6.07) is 53.2. The van der Waals surface area contributed by atoms with E-state index in [1.54, 1.807) is 0 Å². The molecule has 0 aliphatic rings. The average molecular weight is 627 g/mol. The summed E-state index contributed by atoms with van der Waals surface area (Å²) < 4.78 is 41.9. The molecule has 228 valence electrons. The quantitative estimate of drug-likeness (QED) is 0.177. The molecule has 10 aromatic rings. The first kappa shape index (κ1) is 23.8. The van der Waals surface area contributed by atoms with E-state index in [-0.39, 0.29) is 24.2 Å². The molecule has 0 saturated heterocycles. The Hall–Kier alpha value is -6.44. The van der Waals surface area contributed by atoms with Gasteiger partial charge in [0.1, 0.15) is 11.2 Å². The van der Waals surface area contributed by atoms with Crippen LogP contribution in [0.2, 0.25) is 0 Å². The Labute approximate surface area is 289 Å². The largest absolute Gasteiger partial charge is 0.455 e. The zero-order valence-electron chi connectivity index (χ0n) is 30.4. The Bertz CT molecular complexity index is 3000. The van der Waals surface area contributed by atoms with Gasteiger partial charge in [-0.2, -0.15) is 0 Å². The van der Waals surface area contributed by atoms with Gasteiger partial charge in [-0.05, 0) is 89.6 Å². The van der Waals surface area contributed by atoms with Crippen molar-refractivity contribution in [2.24, 2.45) is 0 Å². The molecule has 0 unspecified atom stereocenters. The maximum atomic E-state index is 8.92. The van der Waals surface area contributed by atoms with E-state index in [0.29, 0.717) is 22.3 Å². The number of rotatable bonds is 4. The van der Waals surface area contributed by atoms with Gasteiger partial charge in [-0.15, -0.1) is 0 Å². The van der Waals surface area contributed by atoms with Crippen molar-refractivity contribution in [2.75, 3.05) is 0 Å². The first-order valence-corrected chi connectivity index (χ1v) is 16.5. The van der Waals surface area contributed by atoms with Crippen molar-refractivity contribution in [1.82, 2.24) is 0 Å². The second-order valence-electron chi connectivity index (χ2n) is 12.5. The number of benzene rings is 9. The van der Waals surface area contributed by atoms with Crippen LogP contribution in [0.5, 0.6) is 0 Å². The van der Waals surface area contributed by atoms with Crippen LogP contribution in [0, 0.1) is 0 Å². The molecule has 0 saturated carbocycles. The van der Waals surface area contributed by atoms with Gasteiger partial charge < -0.3 is 4.42 Å². The predicted molar refractivity (Wildman–Crippen MR) is 208 cm³/mol. The molecular formula is C48H30O. The van der Waals surface area contributed by atoms with E-state index in [1.807, 2.05) is 54.6 Å². The second kappa shape index (κ2) is 11.1. The van der Waals surface area contributed by atoms with Crippen LogP contribution < -0.4 is 0 Å². The van der Waals surface area contributed by atoms with E-state index >= 15 is 0 Å². The summed E-state index contributed by atoms with van der Waals surface area (Å²) >= 11 is 0. The van der Waals surface area contributed by atoms with Gasteiger partial charge in [0.15, 0.2) is 0 Å². The number of furan rings is 1. The van der Waals surface area contributed by atoms with Gasteiger partial charge in [0, 0.05) is 16.2 Å². The molecule has 1 heterocycles. The van der Waals surface area contributed by atoms with Crippen LogP contribution in [-0.4, -0.2) is 0 Å². The average Bonchev–Trinajstić information content (AvgIpc) is 3.59. The van der Waals surface area contributed by atoms with Gasteiger partial charge in [0.2, 0.25) is 0 Å². The molecule has 0 atom stereocenters. The van der Waals surface area contributed by atoms with E-state index in [4.69, 9.17) is 9.90 Å². The van der Waals surface area contributed by atoms with Crippen LogP contribution in [0.3, 0.4) is 0 Å². The maximum Gasteiger partial charge on any atom is 0.143 e. The van der Waals surface area contributed by atoms with Crippen LogP contribution in [0.1, 0.15) is 5.48 Å². The van der Waals surface area contributed by atoms with Crippen LogP contribution in [-0.2, 0) is 0 Å². The molecular weight excluding hydrogens is 593 g/mol. The third-order valence-corrected chi connectivity index (χ3v) is 9.73. The summed E-state index contributed by atoms with van der Waals surface area (Å²) in [5, 5.41) is 8.96. The van der Waals surface area contributed by atoms with Gasteiger partial charge in [0.25, 0.3) is 0 Å². The van der Waals surface area contributed by atoms with Gasteiger partial charge in [0.05, 0.1) is 5.48 Å². The van der Waals surface area contributed by atoms with Crippen LogP contribution >= 0.6 is 0 Å². The van der Waals surface area contributed by atoms with Crippen LogP contribution in [0.15, 0.2) is 186 Å². The molecule has 0 bridgehead atoms. The Morgan fingerprint density at radius 1 is 0.327 bits per heavy atom. The molecule has 1 heteroatoms. The van der Waals surface area contributed by atoms with Crippen molar-refractivity contribution in [3.05, 3.63) is 182 Å². The highest BCUT2D eigenvalue weighted by Crippen LogP contribution is 2.45. The smallest absolute Gasteiger partial charge is 0.143 e. The summed E-state index contributed by atoms with van der Waals surface area (Å²) in [6.45, 7) is 0. The molecule has 9 aromatic carbocycles. The summed E-state index contributed by atoms with van der Waals surface area (Å²) in [4.78, 5) is 0. The highest BCUT2D eigenvalue weighted by atomic mass is 16.3. The summed E-state index contributed by atoms with van der Waals surface area (Å²) in [6.07, 6.45) is 0. The van der Waals surface area contributed by atoms with E-state index in [0.717, 1.165) is 76.5 Å².